The fourth-order valence-electron chi connectivity index (χ4n) is 3.47. The number of rotatable bonds is 11. The number of hydrogen-bond donors (Lipinski definition) is 6. The summed E-state index contributed by atoms with van der Waals surface area (Å²) in [5.74, 6) is 0.595. The molecule has 2 aliphatic rings. The van der Waals surface area contributed by atoms with Crippen LogP contribution in [0.1, 0.15) is 18.5 Å². The summed E-state index contributed by atoms with van der Waals surface area (Å²) in [6.07, 6.45) is -1.78. The van der Waals surface area contributed by atoms with Gasteiger partial charge in [0.1, 0.15) is 12.2 Å². The van der Waals surface area contributed by atoms with E-state index in [0.717, 1.165) is 5.69 Å². The maximum absolute atomic E-state index is 11.8. The Bertz CT molecular complexity index is 681. The van der Waals surface area contributed by atoms with Gasteiger partial charge in [-0.25, -0.2) is 14.8 Å². The van der Waals surface area contributed by atoms with Crippen LogP contribution in [0.2, 0.25) is 0 Å². The van der Waals surface area contributed by atoms with E-state index in [0.29, 0.717) is 30.9 Å². The molecule has 182 valence electrons. The number of imidazole rings is 1. The van der Waals surface area contributed by atoms with Crippen LogP contribution in [0.15, 0.2) is 12.5 Å². The third kappa shape index (κ3) is 7.37. The van der Waals surface area contributed by atoms with Crippen LogP contribution in [0.3, 0.4) is 0 Å². The second kappa shape index (κ2) is 12.8. The van der Waals surface area contributed by atoms with Gasteiger partial charge in [-0.3, -0.25) is 4.79 Å². The number of amides is 1. The molecule has 2 heterocycles. The quantitative estimate of drug-likeness (QED) is 0.122. The Balaban J connectivity index is 1.29. The van der Waals surface area contributed by atoms with Gasteiger partial charge in [-0.2, -0.15) is 11.8 Å². The van der Waals surface area contributed by atoms with Crippen LogP contribution < -0.4 is 5.32 Å². The molecule has 0 radical (unpaired) electrons. The van der Waals surface area contributed by atoms with Gasteiger partial charge >= 0.3 is 0 Å². The van der Waals surface area contributed by atoms with E-state index in [9.17, 15) is 25.2 Å². The van der Waals surface area contributed by atoms with E-state index in [1.54, 1.807) is 6.20 Å². The van der Waals surface area contributed by atoms with E-state index < -0.39 is 37.0 Å². The number of carbonyl (C=O) groups is 1. The Morgan fingerprint density at radius 2 is 2.16 bits per heavy atom. The average molecular weight is 478 g/mol. The number of aromatic amines is 1. The van der Waals surface area contributed by atoms with Crippen molar-refractivity contribution in [1.82, 2.24) is 15.3 Å². The second-order valence-electron chi connectivity index (χ2n) is 7.74. The smallest absolute Gasteiger partial charge is 0.226 e. The van der Waals surface area contributed by atoms with Crippen molar-refractivity contribution in [2.24, 2.45) is 5.92 Å². The first kappa shape index (κ1) is 25.3. The summed E-state index contributed by atoms with van der Waals surface area (Å²) in [5, 5.41) is 42.3. The highest BCUT2D eigenvalue weighted by atomic mass is 32.2. The molecule has 0 spiro atoms. The highest BCUT2D eigenvalue weighted by Gasteiger charge is 2.41. The van der Waals surface area contributed by atoms with Crippen molar-refractivity contribution in [3.8, 4) is 0 Å². The topological polar surface area (TPSA) is 176 Å². The molecule has 1 aromatic rings. The Hall–Kier alpha value is -1.29. The van der Waals surface area contributed by atoms with Crippen LogP contribution in [0, 0.1) is 5.92 Å². The van der Waals surface area contributed by atoms with Crippen LogP contribution >= 0.6 is 11.8 Å². The van der Waals surface area contributed by atoms with E-state index in [-0.39, 0.29) is 31.5 Å². The molecule has 32 heavy (non-hydrogen) atoms. The predicted octanol–water partition coefficient (Wildman–Crippen LogP) is -1.70. The molecular weight excluding hydrogens is 446 g/mol. The van der Waals surface area contributed by atoms with Gasteiger partial charge in [0.15, 0.2) is 18.7 Å². The van der Waals surface area contributed by atoms with E-state index in [2.05, 4.69) is 15.3 Å². The molecule has 1 saturated heterocycles. The van der Waals surface area contributed by atoms with Gasteiger partial charge in [0, 0.05) is 42.5 Å². The number of nitrogens with one attached hydrogen (secondary N) is 2. The van der Waals surface area contributed by atoms with Crippen molar-refractivity contribution in [3.05, 3.63) is 18.2 Å². The third-order valence-electron chi connectivity index (χ3n) is 5.34. The molecule has 13 heteroatoms. The fraction of sp³-hybridized carbons (Fsp3) is 0.789. The molecule has 0 bridgehead atoms. The SMILES string of the molecule is O=C(Cc1cnc[nH]1)NCCSCC1OCC(OOC2C(CO)CCC(O)C2O)C(O)O1. The first-order chi connectivity index (χ1) is 15.5. The number of carbonyl (C=O) groups excluding carboxylic acids is 1. The number of hydrogen-bond acceptors (Lipinski definition) is 11. The van der Waals surface area contributed by atoms with E-state index in [1.165, 1.54) is 18.1 Å². The summed E-state index contributed by atoms with van der Waals surface area (Å²) in [6.45, 7) is 0.261. The van der Waals surface area contributed by atoms with Crippen LogP contribution in [-0.4, -0.2) is 105 Å². The van der Waals surface area contributed by atoms with Gasteiger partial charge in [-0.15, -0.1) is 0 Å². The van der Waals surface area contributed by atoms with Crippen LogP contribution in [0.5, 0.6) is 0 Å². The summed E-state index contributed by atoms with van der Waals surface area (Å²) < 4.78 is 10.9. The van der Waals surface area contributed by atoms with Gasteiger partial charge in [0.05, 0.1) is 25.5 Å². The molecule has 1 saturated carbocycles. The largest absolute Gasteiger partial charge is 0.396 e. The number of aromatic nitrogens is 2. The van der Waals surface area contributed by atoms with E-state index in [4.69, 9.17) is 19.2 Å². The maximum Gasteiger partial charge on any atom is 0.226 e. The minimum atomic E-state index is -1.30. The van der Waals surface area contributed by atoms with E-state index >= 15 is 0 Å². The highest BCUT2D eigenvalue weighted by Crippen LogP contribution is 2.28. The predicted molar refractivity (Wildman–Crippen MR) is 111 cm³/mol. The molecular formula is C19H31N3O9S. The summed E-state index contributed by atoms with van der Waals surface area (Å²) in [7, 11) is 0. The molecule has 0 aromatic carbocycles. The Labute approximate surface area is 189 Å². The first-order valence-corrected chi connectivity index (χ1v) is 11.7. The molecule has 1 amide bonds. The highest BCUT2D eigenvalue weighted by molar-refractivity contribution is 7.99. The van der Waals surface area contributed by atoms with Gasteiger partial charge in [-0.05, 0) is 12.8 Å². The van der Waals surface area contributed by atoms with Gasteiger partial charge in [-0.1, -0.05) is 0 Å². The Morgan fingerprint density at radius 3 is 2.88 bits per heavy atom. The normalized spacial score (nSPS) is 33.2. The van der Waals surface area contributed by atoms with Crippen LogP contribution in [-0.2, 0) is 30.5 Å². The fourth-order valence-corrected chi connectivity index (χ4v) is 4.25. The van der Waals surface area contributed by atoms with Gasteiger partial charge in [0.25, 0.3) is 0 Å². The number of aliphatic hydroxyl groups excluding tert-OH is 4. The number of H-pyrrole nitrogens is 1. The molecule has 6 N–H and O–H groups in total. The summed E-state index contributed by atoms with van der Waals surface area (Å²) in [4.78, 5) is 29.0. The van der Waals surface area contributed by atoms with Crippen LogP contribution in [0.25, 0.3) is 0 Å². The molecule has 7 atom stereocenters. The second-order valence-corrected chi connectivity index (χ2v) is 8.89. The summed E-state index contributed by atoms with van der Waals surface area (Å²) in [6, 6.07) is 0. The zero-order valence-corrected chi connectivity index (χ0v) is 18.4. The van der Waals surface area contributed by atoms with Crippen molar-refractivity contribution < 1.29 is 44.5 Å². The number of thioether (sulfide) groups is 1. The van der Waals surface area contributed by atoms with Crippen LogP contribution in [0.4, 0.5) is 0 Å². The monoisotopic (exact) mass is 477 g/mol. The lowest BCUT2D eigenvalue weighted by molar-refractivity contribution is -0.431. The lowest BCUT2D eigenvalue weighted by Gasteiger charge is -2.38. The Kier molecular flexibility index (Phi) is 10.1. The number of ether oxygens (including phenoxy) is 2. The minimum Gasteiger partial charge on any atom is -0.396 e. The molecule has 2 fully saturated rings. The summed E-state index contributed by atoms with van der Waals surface area (Å²) in [5.41, 5.74) is 0.745. The zero-order chi connectivity index (χ0) is 22.9. The molecule has 1 aromatic heterocycles. The molecule has 3 rings (SSSR count). The molecule has 1 aliphatic carbocycles. The van der Waals surface area contributed by atoms with Crippen molar-refractivity contribution in [3.63, 3.8) is 0 Å². The van der Waals surface area contributed by atoms with Crippen molar-refractivity contribution in [2.45, 2.75) is 56.3 Å². The lowest BCUT2D eigenvalue weighted by Crippen LogP contribution is -2.51. The summed E-state index contributed by atoms with van der Waals surface area (Å²) >= 11 is 1.50. The first-order valence-electron chi connectivity index (χ1n) is 10.5. The maximum atomic E-state index is 11.8. The van der Waals surface area contributed by atoms with Crippen molar-refractivity contribution in [2.75, 3.05) is 31.3 Å². The molecule has 12 nitrogen and oxygen atoms in total. The van der Waals surface area contributed by atoms with Crippen molar-refractivity contribution >= 4 is 17.7 Å². The van der Waals surface area contributed by atoms with Gasteiger partial charge < -0.3 is 40.2 Å². The van der Waals surface area contributed by atoms with E-state index in [1.807, 2.05) is 0 Å². The number of nitrogens with zero attached hydrogens (tertiary/aromatic N) is 1. The Morgan fingerprint density at radius 1 is 1.31 bits per heavy atom. The van der Waals surface area contributed by atoms with Gasteiger partial charge in [0.2, 0.25) is 5.91 Å². The van der Waals surface area contributed by atoms with Crippen molar-refractivity contribution in [1.29, 1.82) is 0 Å². The third-order valence-corrected chi connectivity index (χ3v) is 6.34. The minimum absolute atomic E-state index is 0.00245. The average Bonchev–Trinajstić information content (AvgIpc) is 3.28. The zero-order valence-electron chi connectivity index (χ0n) is 17.5. The molecule has 7 unspecified atom stereocenters. The molecule has 1 aliphatic heterocycles. The lowest BCUT2D eigenvalue weighted by atomic mass is 9.83. The standard InChI is InChI=1S/C19H31N3O9S/c23-7-11-1-2-13(24)17(26)18(11)31-30-14-8-28-16(29-19(14)27)9-32-4-3-21-15(25)5-12-6-20-10-22-12/h6,10-11,13-14,16-19,23-24,26-27H,1-5,7-9H2,(H,20,22)(H,21,25). The number of aliphatic hydroxyl groups is 4.